The highest BCUT2D eigenvalue weighted by Gasteiger charge is 2.13. The van der Waals surface area contributed by atoms with E-state index in [-0.39, 0.29) is 17.3 Å². The SMILES string of the molecule is Cc1cc(C)cc(CS(=O)(=O)Cc2ccc(F)cc2)c1. The van der Waals surface area contributed by atoms with Crippen molar-refractivity contribution < 1.29 is 12.8 Å². The molecule has 106 valence electrons. The Hall–Kier alpha value is -1.68. The molecule has 0 radical (unpaired) electrons. The summed E-state index contributed by atoms with van der Waals surface area (Å²) >= 11 is 0. The quantitative estimate of drug-likeness (QED) is 0.863. The largest absolute Gasteiger partial charge is 0.228 e. The first-order valence-electron chi connectivity index (χ1n) is 6.36. The minimum Gasteiger partial charge on any atom is -0.228 e. The number of aryl methyl sites for hydroxylation is 2. The molecule has 0 heterocycles. The Morgan fingerprint density at radius 1 is 0.850 bits per heavy atom. The summed E-state index contributed by atoms with van der Waals surface area (Å²) in [5, 5.41) is 0. The smallest absolute Gasteiger partial charge is 0.158 e. The fourth-order valence-corrected chi connectivity index (χ4v) is 3.77. The molecular weight excluding hydrogens is 275 g/mol. The highest BCUT2D eigenvalue weighted by atomic mass is 32.2. The Labute approximate surface area is 119 Å². The molecule has 0 atom stereocenters. The molecule has 0 unspecified atom stereocenters. The van der Waals surface area contributed by atoms with Crippen molar-refractivity contribution in [2.45, 2.75) is 25.4 Å². The number of hydrogen-bond acceptors (Lipinski definition) is 2. The fraction of sp³-hybridized carbons (Fsp3) is 0.250. The van der Waals surface area contributed by atoms with Crippen molar-refractivity contribution in [3.8, 4) is 0 Å². The summed E-state index contributed by atoms with van der Waals surface area (Å²) in [6.45, 7) is 3.90. The zero-order valence-corrected chi connectivity index (χ0v) is 12.4. The van der Waals surface area contributed by atoms with Crippen LogP contribution in [0, 0.1) is 19.7 Å². The van der Waals surface area contributed by atoms with Gasteiger partial charge in [-0.25, -0.2) is 12.8 Å². The predicted molar refractivity (Wildman–Crippen MR) is 78.6 cm³/mol. The summed E-state index contributed by atoms with van der Waals surface area (Å²) in [5.74, 6) is -0.423. The van der Waals surface area contributed by atoms with E-state index in [2.05, 4.69) is 0 Å². The predicted octanol–water partition coefficient (Wildman–Crippen LogP) is 3.56. The van der Waals surface area contributed by atoms with E-state index in [4.69, 9.17) is 0 Å². The molecule has 0 fully saturated rings. The van der Waals surface area contributed by atoms with Crippen LogP contribution in [0.3, 0.4) is 0 Å². The molecular formula is C16H17FO2S. The van der Waals surface area contributed by atoms with Gasteiger partial charge < -0.3 is 0 Å². The zero-order valence-electron chi connectivity index (χ0n) is 11.6. The lowest BCUT2D eigenvalue weighted by Crippen LogP contribution is -2.08. The number of hydrogen-bond donors (Lipinski definition) is 0. The van der Waals surface area contributed by atoms with Crippen LogP contribution in [0.1, 0.15) is 22.3 Å². The molecule has 0 bridgehead atoms. The highest BCUT2D eigenvalue weighted by molar-refractivity contribution is 7.89. The summed E-state index contributed by atoms with van der Waals surface area (Å²) < 4.78 is 37.2. The average Bonchev–Trinajstić information content (AvgIpc) is 2.29. The lowest BCUT2D eigenvalue weighted by Gasteiger charge is -2.07. The Morgan fingerprint density at radius 3 is 1.90 bits per heavy atom. The van der Waals surface area contributed by atoms with Crippen LogP contribution in [0.25, 0.3) is 0 Å². The Morgan fingerprint density at radius 2 is 1.35 bits per heavy atom. The molecule has 2 nitrogen and oxygen atoms in total. The van der Waals surface area contributed by atoms with E-state index >= 15 is 0 Å². The van der Waals surface area contributed by atoms with Gasteiger partial charge in [0.1, 0.15) is 5.82 Å². The first kappa shape index (κ1) is 14.7. The lowest BCUT2D eigenvalue weighted by atomic mass is 10.1. The van der Waals surface area contributed by atoms with E-state index in [1.807, 2.05) is 32.0 Å². The number of benzene rings is 2. The molecule has 2 rings (SSSR count). The van der Waals surface area contributed by atoms with E-state index in [1.165, 1.54) is 24.3 Å². The second-order valence-corrected chi connectivity index (χ2v) is 7.22. The summed E-state index contributed by atoms with van der Waals surface area (Å²) in [4.78, 5) is 0. The van der Waals surface area contributed by atoms with Crippen LogP contribution in [0.2, 0.25) is 0 Å². The van der Waals surface area contributed by atoms with Crippen molar-refractivity contribution in [1.29, 1.82) is 0 Å². The Kier molecular flexibility index (Phi) is 4.23. The zero-order chi connectivity index (χ0) is 14.8. The van der Waals surface area contributed by atoms with Crippen LogP contribution in [0.4, 0.5) is 4.39 Å². The number of halogens is 1. The first-order chi connectivity index (χ1) is 9.34. The standard InChI is InChI=1S/C16H17FO2S/c1-12-7-13(2)9-15(8-12)11-20(18,19)10-14-3-5-16(17)6-4-14/h3-9H,10-11H2,1-2H3. The topological polar surface area (TPSA) is 34.1 Å². The van der Waals surface area contributed by atoms with Crippen molar-refractivity contribution >= 4 is 9.84 Å². The van der Waals surface area contributed by atoms with Gasteiger partial charge in [0, 0.05) is 0 Å². The molecule has 0 amide bonds. The van der Waals surface area contributed by atoms with Gasteiger partial charge in [0.15, 0.2) is 9.84 Å². The normalized spacial score (nSPS) is 11.6. The maximum absolute atomic E-state index is 12.8. The first-order valence-corrected chi connectivity index (χ1v) is 8.18. The molecule has 4 heteroatoms. The summed E-state index contributed by atoms with van der Waals surface area (Å²) in [7, 11) is -3.26. The van der Waals surface area contributed by atoms with Gasteiger partial charge >= 0.3 is 0 Å². The monoisotopic (exact) mass is 292 g/mol. The molecule has 0 spiro atoms. The van der Waals surface area contributed by atoms with Gasteiger partial charge in [-0.3, -0.25) is 0 Å². The molecule has 0 aliphatic rings. The molecule has 0 N–H and O–H groups in total. The minimum atomic E-state index is -3.26. The molecule has 0 saturated heterocycles. The molecule has 0 saturated carbocycles. The van der Waals surface area contributed by atoms with Crippen molar-refractivity contribution in [3.05, 3.63) is 70.5 Å². The third kappa shape index (κ3) is 4.17. The number of sulfone groups is 1. The van der Waals surface area contributed by atoms with E-state index in [0.717, 1.165) is 16.7 Å². The third-order valence-electron chi connectivity index (χ3n) is 2.97. The van der Waals surface area contributed by atoms with Gasteiger partial charge in [-0.05, 0) is 37.1 Å². The molecule has 2 aromatic carbocycles. The summed E-state index contributed by atoms with van der Waals surface area (Å²) in [6.07, 6.45) is 0. The second kappa shape index (κ2) is 5.75. The van der Waals surface area contributed by atoms with Crippen LogP contribution >= 0.6 is 0 Å². The Bertz CT molecular complexity index is 684. The van der Waals surface area contributed by atoms with Crippen LogP contribution in [-0.4, -0.2) is 8.42 Å². The molecule has 20 heavy (non-hydrogen) atoms. The molecule has 0 aliphatic heterocycles. The van der Waals surface area contributed by atoms with Crippen molar-refractivity contribution in [2.24, 2.45) is 0 Å². The van der Waals surface area contributed by atoms with Crippen molar-refractivity contribution in [2.75, 3.05) is 0 Å². The third-order valence-corrected chi connectivity index (χ3v) is 4.51. The van der Waals surface area contributed by atoms with E-state index in [1.54, 1.807) is 0 Å². The fourth-order valence-electron chi connectivity index (χ4n) is 2.29. The van der Waals surface area contributed by atoms with Crippen molar-refractivity contribution in [1.82, 2.24) is 0 Å². The highest BCUT2D eigenvalue weighted by Crippen LogP contribution is 2.15. The Balaban J connectivity index is 2.16. The van der Waals surface area contributed by atoms with E-state index in [0.29, 0.717) is 5.56 Å². The van der Waals surface area contributed by atoms with Crippen LogP contribution in [0.15, 0.2) is 42.5 Å². The van der Waals surface area contributed by atoms with Crippen LogP contribution in [-0.2, 0) is 21.3 Å². The summed E-state index contributed by atoms with van der Waals surface area (Å²) in [5.41, 5.74) is 3.51. The molecule has 2 aromatic rings. The molecule has 0 aliphatic carbocycles. The molecule has 0 aromatic heterocycles. The maximum atomic E-state index is 12.8. The van der Waals surface area contributed by atoms with Gasteiger partial charge in [0.2, 0.25) is 0 Å². The maximum Gasteiger partial charge on any atom is 0.158 e. The van der Waals surface area contributed by atoms with E-state index in [9.17, 15) is 12.8 Å². The van der Waals surface area contributed by atoms with Gasteiger partial charge in [-0.15, -0.1) is 0 Å². The average molecular weight is 292 g/mol. The summed E-state index contributed by atoms with van der Waals surface area (Å²) in [6, 6.07) is 11.4. The van der Waals surface area contributed by atoms with Crippen molar-refractivity contribution in [3.63, 3.8) is 0 Å². The van der Waals surface area contributed by atoms with E-state index < -0.39 is 9.84 Å². The van der Waals surface area contributed by atoms with Crippen LogP contribution in [0.5, 0.6) is 0 Å². The minimum absolute atomic E-state index is 0.00684. The van der Waals surface area contributed by atoms with Gasteiger partial charge in [-0.2, -0.15) is 0 Å². The van der Waals surface area contributed by atoms with Gasteiger partial charge in [0.25, 0.3) is 0 Å². The van der Waals surface area contributed by atoms with Gasteiger partial charge in [0.05, 0.1) is 11.5 Å². The van der Waals surface area contributed by atoms with Gasteiger partial charge in [-0.1, -0.05) is 41.5 Å². The number of rotatable bonds is 4. The van der Waals surface area contributed by atoms with Crippen LogP contribution < -0.4 is 0 Å². The lowest BCUT2D eigenvalue weighted by molar-refractivity contribution is 0.594. The second-order valence-electron chi connectivity index (χ2n) is 5.15.